The first-order chi connectivity index (χ1) is 11.4. The van der Waals surface area contributed by atoms with Gasteiger partial charge in [0.25, 0.3) is 5.91 Å². The van der Waals surface area contributed by atoms with Gasteiger partial charge in [-0.25, -0.2) is 0 Å². The molecule has 0 bridgehead atoms. The lowest BCUT2D eigenvalue weighted by Gasteiger charge is -2.14. The Morgan fingerprint density at radius 3 is 2.46 bits per heavy atom. The highest BCUT2D eigenvalue weighted by atomic mass is 19.4. The Hall–Kier alpha value is -2.70. The van der Waals surface area contributed by atoms with Gasteiger partial charge in [0, 0.05) is 18.2 Å². The molecule has 126 valence electrons. The molecule has 0 spiro atoms. The van der Waals surface area contributed by atoms with Gasteiger partial charge >= 0.3 is 6.18 Å². The average molecular weight is 337 g/mol. The number of hydrogen-bond donors (Lipinski definition) is 1. The highest BCUT2D eigenvalue weighted by Crippen LogP contribution is 2.34. The Labute approximate surface area is 136 Å². The van der Waals surface area contributed by atoms with Crippen molar-refractivity contribution in [2.24, 2.45) is 0 Å². The number of amides is 1. The molecule has 7 heteroatoms. The third-order valence-electron chi connectivity index (χ3n) is 3.48. The van der Waals surface area contributed by atoms with Crippen LogP contribution in [0, 0.1) is 0 Å². The predicted molar refractivity (Wildman–Crippen MR) is 81.4 cm³/mol. The van der Waals surface area contributed by atoms with Crippen LogP contribution in [0.2, 0.25) is 0 Å². The maximum Gasteiger partial charge on any atom is 0.417 e. The quantitative estimate of drug-likeness (QED) is 0.897. The largest absolute Gasteiger partial charge is 0.490 e. The van der Waals surface area contributed by atoms with Crippen molar-refractivity contribution in [3.8, 4) is 11.5 Å². The first-order valence-corrected chi connectivity index (χ1v) is 7.32. The van der Waals surface area contributed by atoms with Crippen LogP contribution in [0.5, 0.6) is 11.5 Å². The number of hydrogen-bond acceptors (Lipinski definition) is 3. The van der Waals surface area contributed by atoms with Gasteiger partial charge in [-0.05, 0) is 24.3 Å². The fourth-order valence-electron chi connectivity index (χ4n) is 2.37. The van der Waals surface area contributed by atoms with Crippen LogP contribution < -0.4 is 14.8 Å². The van der Waals surface area contributed by atoms with Gasteiger partial charge in [-0.2, -0.15) is 13.2 Å². The van der Waals surface area contributed by atoms with Gasteiger partial charge in [-0.1, -0.05) is 12.1 Å². The topological polar surface area (TPSA) is 47.6 Å². The molecule has 0 radical (unpaired) electrons. The third-order valence-corrected chi connectivity index (χ3v) is 3.48. The van der Waals surface area contributed by atoms with Gasteiger partial charge in [0.15, 0.2) is 11.5 Å². The minimum Gasteiger partial charge on any atom is -0.490 e. The molecule has 0 aliphatic carbocycles. The van der Waals surface area contributed by atoms with Crippen LogP contribution in [0.1, 0.15) is 22.3 Å². The number of carbonyl (C=O) groups is 1. The summed E-state index contributed by atoms with van der Waals surface area (Å²) < 4.78 is 50.0. The lowest BCUT2D eigenvalue weighted by Crippen LogP contribution is -2.18. The number of nitrogens with one attached hydrogen (secondary N) is 1. The van der Waals surface area contributed by atoms with E-state index in [2.05, 4.69) is 5.32 Å². The van der Waals surface area contributed by atoms with Gasteiger partial charge in [0.2, 0.25) is 0 Å². The molecule has 2 aromatic carbocycles. The molecule has 1 aliphatic heterocycles. The number of carbonyl (C=O) groups excluding carboxylic acids is 1. The smallest absolute Gasteiger partial charge is 0.417 e. The normalized spacial score (nSPS) is 14.0. The molecule has 0 atom stereocenters. The summed E-state index contributed by atoms with van der Waals surface area (Å²) in [6.45, 7) is 0.999. The van der Waals surface area contributed by atoms with E-state index in [1.165, 1.54) is 18.2 Å². The SMILES string of the molecule is O=C(Nc1ccc2c(c1)OCCCO2)c1ccccc1C(F)(F)F. The summed E-state index contributed by atoms with van der Waals surface area (Å²) in [6, 6.07) is 9.36. The summed E-state index contributed by atoms with van der Waals surface area (Å²) >= 11 is 0. The number of halogens is 3. The van der Waals surface area contributed by atoms with Crippen molar-refractivity contribution in [2.75, 3.05) is 18.5 Å². The lowest BCUT2D eigenvalue weighted by atomic mass is 10.1. The molecule has 0 saturated carbocycles. The molecule has 1 amide bonds. The van der Waals surface area contributed by atoms with Gasteiger partial charge in [0.1, 0.15) is 0 Å². The van der Waals surface area contributed by atoms with E-state index in [1.807, 2.05) is 0 Å². The molecular formula is C17H14F3NO3. The van der Waals surface area contributed by atoms with Crippen LogP contribution in [0.15, 0.2) is 42.5 Å². The summed E-state index contributed by atoms with van der Waals surface area (Å²) in [5.41, 5.74) is -1.07. The molecule has 0 aromatic heterocycles. The molecule has 3 rings (SSSR count). The number of alkyl halides is 3. The molecule has 0 unspecified atom stereocenters. The fourth-order valence-corrected chi connectivity index (χ4v) is 2.37. The summed E-state index contributed by atoms with van der Waals surface area (Å²) in [4.78, 5) is 12.2. The summed E-state index contributed by atoms with van der Waals surface area (Å²) in [6.07, 6.45) is -3.87. The van der Waals surface area contributed by atoms with Crippen molar-refractivity contribution in [3.05, 3.63) is 53.6 Å². The van der Waals surface area contributed by atoms with E-state index >= 15 is 0 Å². The number of fused-ring (bicyclic) bond motifs is 1. The molecule has 1 aliphatic rings. The molecule has 24 heavy (non-hydrogen) atoms. The molecule has 1 N–H and O–H groups in total. The highest BCUT2D eigenvalue weighted by molar-refractivity contribution is 6.05. The van der Waals surface area contributed by atoms with Crippen LogP contribution in [0.3, 0.4) is 0 Å². The maximum absolute atomic E-state index is 13.0. The van der Waals surface area contributed by atoms with E-state index in [0.29, 0.717) is 30.4 Å². The second kappa shape index (κ2) is 6.43. The van der Waals surface area contributed by atoms with E-state index in [0.717, 1.165) is 18.6 Å². The van der Waals surface area contributed by atoms with Gasteiger partial charge < -0.3 is 14.8 Å². The van der Waals surface area contributed by atoms with E-state index in [9.17, 15) is 18.0 Å². The molecule has 0 fully saturated rings. The van der Waals surface area contributed by atoms with Crippen molar-refractivity contribution < 1.29 is 27.4 Å². The van der Waals surface area contributed by atoms with Crippen LogP contribution in [0.4, 0.5) is 18.9 Å². The molecule has 2 aromatic rings. The number of rotatable bonds is 2. The van der Waals surface area contributed by atoms with Crippen molar-refractivity contribution >= 4 is 11.6 Å². The van der Waals surface area contributed by atoms with Crippen LogP contribution in [-0.2, 0) is 6.18 Å². The van der Waals surface area contributed by atoms with Crippen LogP contribution in [0.25, 0.3) is 0 Å². The lowest BCUT2D eigenvalue weighted by molar-refractivity contribution is -0.137. The van der Waals surface area contributed by atoms with E-state index in [4.69, 9.17) is 9.47 Å². The average Bonchev–Trinajstić information content (AvgIpc) is 2.79. The van der Waals surface area contributed by atoms with Crippen molar-refractivity contribution in [2.45, 2.75) is 12.6 Å². The number of benzene rings is 2. The molecule has 4 nitrogen and oxygen atoms in total. The second-order valence-corrected chi connectivity index (χ2v) is 5.21. The zero-order valence-corrected chi connectivity index (χ0v) is 12.5. The summed E-state index contributed by atoms with van der Waals surface area (Å²) in [7, 11) is 0. The Morgan fingerprint density at radius 1 is 1.00 bits per heavy atom. The summed E-state index contributed by atoms with van der Waals surface area (Å²) in [5.74, 6) is 0.160. The number of ether oxygens (including phenoxy) is 2. The fraction of sp³-hybridized carbons (Fsp3) is 0.235. The molecular weight excluding hydrogens is 323 g/mol. The first kappa shape index (κ1) is 16.2. The van der Waals surface area contributed by atoms with E-state index in [1.54, 1.807) is 12.1 Å². The second-order valence-electron chi connectivity index (χ2n) is 5.21. The molecule has 0 saturated heterocycles. The zero-order valence-electron chi connectivity index (χ0n) is 12.5. The Kier molecular flexibility index (Phi) is 4.33. The van der Waals surface area contributed by atoms with E-state index < -0.39 is 23.2 Å². The Bertz CT molecular complexity index is 759. The molecule has 1 heterocycles. The highest BCUT2D eigenvalue weighted by Gasteiger charge is 2.34. The third kappa shape index (κ3) is 3.45. The first-order valence-electron chi connectivity index (χ1n) is 7.32. The van der Waals surface area contributed by atoms with Gasteiger partial charge in [-0.3, -0.25) is 4.79 Å². The summed E-state index contributed by atoms with van der Waals surface area (Å²) in [5, 5.41) is 2.47. The van der Waals surface area contributed by atoms with Crippen LogP contribution >= 0.6 is 0 Å². The number of anilines is 1. The van der Waals surface area contributed by atoms with Gasteiger partial charge in [-0.15, -0.1) is 0 Å². The minimum absolute atomic E-state index is 0.334. The van der Waals surface area contributed by atoms with Crippen molar-refractivity contribution in [1.29, 1.82) is 0 Å². The predicted octanol–water partition coefficient (Wildman–Crippen LogP) is 4.12. The van der Waals surface area contributed by atoms with Gasteiger partial charge in [0.05, 0.1) is 24.3 Å². The Balaban J connectivity index is 1.85. The zero-order chi connectivity index (χ0) is 17.2. The maximum atomic E-state index is 13.0. The standard InChI is InChI=1S/C17H14F3NO3/c18-17(19,20)13-5-2-1-4-12(13)16(22)21-11-6-7-14-15(10-11)24-9-3-8-23-14/h1-2,4-7,10H,3,8-9H2,(H,21,22). The van der Waals surface area contributed by atoms with E-state index in [-0.39, 0.29) is 0 Å². The Morgan fingerprint density at radius 2 is 1.71 bits per heavy atom. The minimum atomic E-state index is -4.60. The van der Waals surface area contributed by atoms with Crippen molar-refractivity contribution in [1.82, 2.24) is 0 Å². The monoisotopic (exact) mass is 337 g/mol. The van der Waals surface area contributed by atoms with Crippen molar-refractivity contribution in [3.63, 3.8) is 0 Å². The van der Waals surface area contributed by atoms with Crippen LogP contribution in [-0.4, -0.2) is 19.1 Å².